The van der Waals surface area contributed by atoms with E-state index in [0.29, 0.717) is 18.4 Å². The van der Waals surface area contributed by atoms with Gasteiger partial charge >= 0.3 is 11.8 Å². The van der Waals surface area contributed by atoms with E-state index in [0.717, 1.165) is 0 Å². The van der Waals surface area contributed by atoms with Crippen molar-refractivity contribution in [2.75, 3.05) is 27.7 Å². The molecule has 1 aromatic carbocycles. The number of halogens is 1. The van der Waals surface area contributed by atoms with E-state index in [4.69, 9.17) is 4.74 Å². The molecule has 0 fully saturated rings. The zero-order chi connectivity index (χ0) is 26.6. The lowest BCUT2D eigenvalue weighted by Gasteiger charge is -2.31. The number of fused-ring (bicyclic) bond motifs is 1. The van der Waals surface area contributed by atoms with Gasteiger partial charge in [0, 0.05) is 34.2 Å². The predicted octanol–water partition coefficient (Wildman–Crippen LogP) is 2.33. The average Bonchev–Trinajstić information content (AvgIpc) is 3.05. The van der Waals surface area contributed by atoms with Crippen LogP contribution in [0.2, 0.25) is 0 Å². The van der Waals surface area contributed by atoms with Crippen molar-refractivity contribution in [3.05, 3.63) is 57.5 Å². The molecule has 0 saturated heterocycles. The Morgan fingerprint density at radius 3 is 2.38 bits per heavy atom. The minimum absolute atomic E-state index is 0. The topological polar surface area (TPSA) is 122 Å². The Hall–Kier alpha value is -3.60. The zero-order valence-corrected chi connectivity index (χ0v) is 20.9. The Morgan fingerprint density at radius 1 is 1.16 bits per heavy atom. The van der Waals surface area contributed by atoms with E-state index in [2.05, 4.69) is 4.98 Å². The summed E-state index contributed by atoms with van der Waals surface area (Å²) in [6.07, 6.45) is 0.573. The van der Waals surface area contributed by atoms with Crippen LogP contribution >= 0.6 is 0 Å². The lowest BCUT2D eigenvalue weighted by Crippen LogP contribution is -2.45. The number of rotatable bonds is 7. The summed E-state index contributed by atoms with van der Waals surface area (Å²) >= 11 is 0. The van der Waals surface area contributed by atoms with Gasteiger partial charge in [0.15, 0.2) is 11.5 Å². The lowest BCUT2D eigenvalue weighted by molar-refractivity contribution is -0.152. The minimum Gasteiger partial charge on any atom is -0.501 e. The zero-order valence-electron chi connectivity index (χ0n) is 20.9. The molecule has 2 aromatic rings. The van der Waals surface area contributed by atoms with Gasteiger partial charge in [0.05, 0.1) is 18.7 Å². The number of ether oxygens (including phenoxy) is 1. The van der Waals surface area contributed by atoms with Crippen LogP contribution in [0.4, 0.5) is 4.39 Å². The fraction of sp³-hybridized carbons (Fsp3) is 0.500. The molecule has 1 aliphatic rings. The molecular formula is C26H35FN4O6. The van der Waals surface area contributed by atoms with Gasteiger partial charge in [-0.3, -0.25) is 23.7 Å². The van der Waals surface area contributed by atoms with Crippen LogP contribution in [-0.2, 0) is 27.3 Å². The van der Waals surface area contributed by atoms with Gasteiger partial charge in [0.25, 0.3) is 5.56 Å². The SMILES string of the molecule is C.CCN(C(=O)C(=O)N(C)C)[C@@H]1CC[C@H](OC)Cn2c1nc(C(=O)CCc1ccc(F)cc1)c(O)c2=O. The summed E-state index contributed by atoms with van der Waals surface area (Å²) in [6.45, 7) is 1.93. The normalized spacial score (nSPS) is 16.7. The number of carbonyl (C=O) groups is 3. The highest BCUT2D eigenvalue weighted by atomic mass is 19.1. The monoisotopic (exact) mass is 518 g/mol. The molecule has 10 nitrogen and oxygen atoms in total. The van der Waals surface area contributed by atoms with E-state index in [1.807, 2.05) is 0 Å². The molecule has 0 bridgehead atoms. The molecule has 2 heterocycles. The number of aromatic nitrogens is 2. The number of hydrogen-bond donors (Lipinski definition) is 1. The van der Waals surface area contributed by atoms with Gasteiger partial charge in [0.1, 0.15) is 11.6 Å². The summed E-state index contributed by atoms with van der Waals surface area (Å²) in [5.74, 6) is -3.12. The molecule has 3 rings (SSSR count). The van der Waals surface area contributed by atoms with Gasteiger partial charge < -0.3 is 19.6 Å². The second kappa shape index (κ2) is 12.6. The van der Waals surface area contributed by atoms with Crippen LogP contribution in [0.3, 0.4) is 0 Å². The first-order valence-corrected chi connectivity index (χ1v) is 11.7. The van der Waals surface area contributed by atoms with E-state index in [9.17, 15) is 28.7 Å². The number of amides is 2. The Bertz CT molecular complexity index is 1190. The van der Waals surface area contributed by atoms with Crippen LogP contribution in [-0.4, -0.2) is 75.9 Å². The number of nitrogens with zero attached hydrogens (tertiary/aromatic N) is 4. The first kappa shape index (κ1) is 29.6. The van der Waals surface area contributed by atoms with Crippen LogP contribution in [0.5, 0.6) is 5.75 Å². The number of aromatic hydroxyl groups is 1. The Balaban J connectivity index is 0.00000481. The van der Waals surface area contributed by atoms with Gasteiger partial charge in [-0.15, -0.1) is 0 Å². The fourth-order valence-electron chi connectivity index (χ4n) is 4.29. The summed E-state index contributed by atoms with van der Waals surface area (Å²) in [7, 11) is 4.43. The maximum Gasteiger partial charge on any atom is 0.312 e. The molecule has 1 aliphatic heterocycles. The summed E-state index contributed by atoms with van der Waals surface area (Å²) in [6, 6.07) is 4.88. The smallest absolute Gasteiger partial charge is 0.312 e. The molecule has 202 valence electrons. The Kier molecular flexibility index (Phi) is 10.1. The molecule has 2 atom stereocenters. The third kappa shape index (κ3) is 6.40. The van der Waals surface area contributed by atoms with E-state index in [-0.39, 0.29) is 39.2 Å². The molecule has 0 unspecified atom stereocenters. The van der Waals surface area contributed by atoms with Crippen LogP contribution < -0.4 is 5.56 Å². The number of benzene rings is 1. The number of hydrogen-bond acceptors (Lipinski definition) is 7. The molecule has 11 heteroatoms. The van der Waals surface area contributed by atoms with Gasteiger partial charge in [-0.2, -0.15) is 0 Å². The molecule has 1 aromatic heterocycles. The van der Waals surface area contributed by atoms with Gasteiger partial charge in [-0.05, 0) is 43.9 Å². The molecule has 2 amide bonds. The summed E-state index contributed by atoms with van der Waals surface area (Å²) in [5.41, 5.74) is -0.500. The van der Waals surface area contributed by atoms with Crippen molar-refractivity contribution >= 4 is 17.6 Å². The summed E-state index contributed by atoms with van der Waals surface area (Å²) < 4.78 is 19.8. The first-order chi connectivity index (χ1) is 17.1. The number of carbonyl (C=O) groups excluding carboxylic acids is 3. The van der Waals surface area contributed by atoms with Crippen molar-refractivity contribution in [1.29, 1.82) is 0 Å². The standard InChI is InChI=1S/C25H31FN4O6.CH4/c1-5-29(25(35)24(34)28(2)3)18-12-11-17(36-4)14-30-22(18)27-20(21(32)23(30)33)19(31)13-8-15-6-9-16(26)10-7-15;/h6-7,9-10,17-18,32H,5,8,11-14H2,1-4H3;1H4/t17-,18+;/m0./s1. The van der Waals surface area contributed by atoms with Crippen molar-refractivity contribution in [2.24, 2.45) is 0 Å². The minimum atomic E-state index is -0.818. The number of Topliss-reactive ketones (excluding diaryl/α,β-unsaturated/α-hetero) is 1. The average molecular weight is 519 g/mol. The first-order valence-electron chi connectivity index (χ1n) is 11.7. The molecule has 0 spiro atoms. The van der Waals surface area contributed by atoms with Crippen molar-refractivity contribution in [2.45, 2.75) is 58.7 Å². The predicted molar refractivity (Wildman–Crippen MR) is 135 cm³/mol. The van der Waals surface area contributed by atoms with E-state index in [1.54, 1.807) is 19.1 Å². The van der Waals surface area contributed by atoms with Gasteiger partial charge in [0.2, 0.25) is 5.75 Å². The molecule has 0 saturated carbocycles. The molecular weight excluding hydrogens is 483 g/mol. The second-order valence-corrected chi connectivity index (χ2v) is 8.87. The number of likely N-dealkylation sites (N-methyl/N-ethyl adjacent to an activating group) is 2. The van der Waals surface area contributed by atoms with Crippen LogP contribution in [0.1, 0.15) is 61.5 Å². The maximum absolute atomic E-state index is 13.2. The highest BCUT2D eigenvalue weighted by molar-refractivity contribution is 6.34. The highest BCUT2D eigenvalue weighted by Gasteiger charge is 2.36. The highest BCUT2D eigenvalue weighted by Crippen LogP contribution is 2.30. The largest absolute Gasteiger partial charge is 0.501 e. The van der Waals surface area contributed by atoms with E-state index in [1.165, 1.54) is 47.7 Å². The van der Waals surface area contributed by atoms with Crippen LogP contribution in [0.25, 0.3) is 0 Å². The Morgan fingerprint density at radius 2 is 1.81 bits per heavy atom. The van der Waals surface area contributed by atoms with Crippen LogP contribution in [0, 0.1) is 5.82 Å². The molecule has 0 radical (unpaired) electrons. The number of aryl methyl sites for hydroxylation is 1. The second-order valence-electron chi connectivity index (χ2n) is 8.87. The van der Waals surface area contributed by atoms with Crippen molar-refractivity contribution in [3.8, 4) is 5.75 Å². The maximum atomic E-state index is 13.2. The lowest BCUT2D eigenvalue weighted by atomic mass is 10.0. The van der Waals surface area contributed by atoms with Crippen molar-refractivity contribution in [3.63, 3.8) is 0 Å². The van der Waals surface area contributed by atoms with Crippen molar-refractivity contribution < 1.29 is 28.6 Å². The van der Waals surface area contributed by atoms with Crippen LogP contribution in [0.15, 0.2) is 29.1 Å². The number of ketones is 1. The molecule has 0 aliphatic carbocycles. The van der Waals surface area contributed by atoms with Gasteiger partial charge in [-0.25, -0.2) is 9.37 Å². The summed E-state index contributed by atoms with van der Waals surface area (Å²) in [4.78, 5) is 58.5. The van der Waals surface area contributed by atoms with E-state index < -0.39 is 52.6 Å². The van der Waals surface area contributed by atoms with E-state index >= 15 is 0 Å². The summed E-state index contributed by atoms with van der Waals surface area (Å²) in [5, 5.41) is 10.6. The number of methoxy groups -OCH3 is 1. The molecule has 1 N–H and O–H groups in total. The third-order valence-corrected chi connectivity index (χ3v) is 6.34. The molecule has 37 heavy (non-hydrogen) atoms. The van der Waals surface area contributed by atoms with Gasteiger partial charge in [-0.1, -0.05) is 19.6 Å². The quantitative estimate of drug-likeness (QED) is 0.441. The third-order valence-electron chi connectivity index (χ3n) is 6.34. The van der Waals surface area contributed by atoms with Crippen molar-refractivity contribution in [1.82, 2.24) is 19.4 Å². The fourth-order valence-corrected chi connectivity index (χ4v) is 4.29. The Labute approximate surface area is 215 Å².